The van der Waals surface area contributed by atoms with Gasteiger partial charge in [0.05, 0.1) is 0 Å². The van der Waals surface area contributed by atoms with Gasteiger partial charge in [0.2, 0.25) is 5.95 Å². The molecule has 0 amide bonds. The van der Waals surface area contributed by atoms with Crippen LogP contribution in [0.5, 0.6) is 0 Å². The lowest BCUT2D eigenvalue weighted by Crippen LogP contribution is -2.38. The van der Waals surface area contributed by atoms with E-state index in [1.54, 1.807) is 0 Å². The number of nitrogens with zero attached hydrogens (tertiary/aromatic N) is 3. The number of hydrogen-bond acceptors (Lipinski definition) is 4. The molecule has 0 bridgehead atoms. The van der Waals surface area contributed by atoms with Gasteiger partial charge in [0.25, 0.3) is 0 Å². The van der Waals surface area contributed by atoms with Crippen LogP contribution >= 0.6 is 12.2 Å². The van der Waals surface area contributed by atoms with Gasteiger partial charge in [0.1, 0.15) is 5.82 Å². The predicted molar refractivity (Wildman–Crippen MR) is 112 cm³/mol. The Morgan fingerprint density at radius 3 is 2.59 bits per heavy atom. The standard InChI is InChI=1S/C20H24F3N5S/c1-13-6-8-15(9-7-13)12-24-19(29)27-18-25-16(20(21,22)23)11-17(26-18)28-10-4-3-5-14(28)2/h6-9,11,14H,3-5,10,12H2,1-2H3,(H2,24,25,26,27,29)/t14-/m0/s1. The second kappa shape index (κ2) is 8.94. The molecule has 2 aromatic rings. The number of hydrogen-bond donors (Lipinski definition) is 2. The minimum absolute atomic E-state index is 0.124. The van der Waals surface area contributed by atoms with Gasteiger partial charge in [-0.1, -0.05) is 29.8 Å². The SMILES string of the molecule is Cc1ccc(CNC(=S)Nc2nc(N3CCCC[C@@H]3C)cc(C(F)(F)F)n2)cc1. The minimum atomic E-state index is -4.57. The van der Waals surface area contributed by atoms with Crippen molar-refractivity contribution in [1.29, 1.82) is 0 Å². The second-order valence-electron chi connectivity index (χ2n) is 7.26. The van der Waals surface area contributed by atoms with Crippen molar-refractivity contribution in [2.45, 2.75) is 51.9 Å². The van der Waals surface area contributed by atoms with E-state index >= 15 is 0 Å². The maximum atomic E-state index is 13.4. The molecule has 29 heavy (non-hydrogen) atoms. The van der Waals surface area contributed by atoms with Crippen molar-refractivity contribution in [3.8, 4) is 0 Å². The molecule has 2 N–H and O–H groups in total. The summed E-state index contributed by atoms with van der Waals surface area (Å²) >= 11 is 5.22. The summed E-state index contributed by atoms with van der Waals surface area (Å²) in [6, 6.07) is 9.02. The lowest BCUT2D eigenvalue weighted by atomic mass is 10.0. The fraction of sp³-hybridized carbons (Fsp3) is 0.450. The van der Waals surface area contributed by atoms with Gasteiger partial charge in [0.15, 0.2) is 10.8 Å². The molecule has 0 spiro atoms. The zero-order valence-electron chi connectivity index (χ0n) is 16.4. The molecule has 1 aromatic carbocycles. The predicted octanol–water partition coefficient (Wildman–Crippen LogP) is 4.67. The lowest BCUT2D eigenvalue weighted by molar-refractivity contribution is -0.141. The Balaban J connectivity index is 1.75. The van der Waals surface area contributed by atoms with Crippen LogP contribution in [0.15, 0.2) is 30.3 Å². The molecule has 0 saturated carbocycles. The number of nitrogens with one attached hydrogen (secondary N) is 2. The number of thiocarbonyl (C=S) groups is 1. The van der Waals surface area contributed by atoms with Crippen LogP contribution in [0.4, 0.5) is 24.9 Å². The number of benzene rings is 1. The van der Waals surface area contributed by atoms with Crippen LogP contribution in [0, 0.1) is 6.92 Å². The molecule has 1 aromatic heterocycles. The van der Waals surface area contributed by atoms with Crippen molar-refractivity contribution >= 4 is 29.1 Å². The molecule has 1 atom stereocenters. The largest absolute Gasteiger partial charge is 0.433 e. The van der Waals surface area contributed by atoms with Crippen molar-refractivity contribution in [1.82, 2.24) is 15.3 Å². The summed E-state index contributed by atoms with van der Waals surface area (Å²) in [5, 5.41) is 5.85. The van der Waals surface area contributed by atoms with E-state index < -0.39 is 11.9 Å². The molecule has 0 unspecified atom stereocenters. The summed E-state index contributed by atoms with van der Waals surface area (Å²) < 4.78 is 40.1. The van der Waals surface area contributed by atoms with E-state index in [1.165, 1.54) is 0 Å². The Morgan fingerprint density at radius 1 is 1.21 bits per heavy atom. The summed E-state index contributed by atoms with van der Waals surface area (Å²) in [6.45, 7) is 5.11. The number of alkyl halides is 3. The molecule has 1 saturated heterocycles. The first-order valence-corrected chi connectivity index (χ1v) is 9.96. The number of piperidine rings is 1. The highest BCUT2D eigenvalue weighted by atomic mass is 32.1. The third-order valence-corrected chi connectivity index (χ3v) is 5.15. The Bertz CT molecular complexity index is 854. The van der Waals surface area contributed by atoms with Crippen LogP contribution in [0.1, 0.15) is 43.0 Å². The lowest BCUT2D eigenvalue weighted by Gasteiger charge is -2.34. The van der Waals surface area contributed by atoms with E-state index in [0.717, 1.165) is 36.5 Å². The topological polar surface area (TPSA) is 53.1 Å². The van der Waals surface area contributed by atoms with E-state index in [2.05, 4.69) is 20.6 Å². The van der Waals surface area contributed by atoms with Gasteiger partial charge in [-0.2, -0.15) is 18.2 Å². The maximum Gasteiger partial charge on any atom is 0.433 e. The van der Waals surface area contributed by atoms with E-state index in [1.807, 2.05) is 43.0 Å². The Kier molecular flexibility index (Phi) is 6.56. The van der Waals surface area contributed by atoms with Gasteiger partial charge in [-0.05, 0) is 50.9 Å². The number of anilines is 2. The van der Waals surface area contributed by atoms with Crippen molar-refractivity contribution in [2.24, 2.45) is 0 Å². The quantitative estimate of drug-likeness (QED) is 0.697. The summed E-state index contributed by atoms with van der Waals surface area (Å²) in [4.78, 5) is 9.83. The highest BCUT2D eigenvalue weighted by Crippen LogP contribution is 2.32. The maximum absolute atomic E-state index is 13.4. The average molecular weight is 424 g/mol. The van der Waals surface area contributed by atoms with Crippen LogP contribution in [-0.4, -0.2) is 27.7 Å². The van der Waals surface area contributed by atoms with Crippen LogP contribution in [0.2, 0.25) is 0 Å². The smallest absolute Gasteiger partial charge is 0.358 e. The fourth-order valence-electron chi connectivity index (χ4n) is 3.26. The molecule has 5 nitrogen and oxygen atoms in total. The average Bonchev–Trinajstić information content (AvgIpc) is 2.67. The summed E-state index contributed by atoms with van der Waals surface area (Å²) in [5.41, 5.74) is 1.17. The van der Waals surface area contributed by atoms with Crippen LogP contribution in [-0.2, 0) is 12.7 Å². The van der Waals surface area contributed by atoms with Crippen LogP contribution in [0.25, 0.3) is 0 Å². The second-order valence-corrected chi connectivity index (χ2v) is 7.67. The zero-order valence-corrected chi connectivity index (χ0v) is 17.2. The van der Waals surface area contributed by atoms with Gasteiger partial charge in [-0.15, -0.1) is 0 Å². The van der Waals surface area contributed by atoms with Crippen molar-refractivity contribution in [2.75, 3.05) is 16.8 Å². The van der Waals surface area contributed by atoms with E-state index in [4.69, 9.17) is 12.2 Å². The highest BCUT2D eigenvalue weighted by molar-refractivity contribution is 7.80. The molecule has 1 aliphatic rings. The van der Waals surface area contributed by atoms with Gasteiger partial charge in [-0.25, -0.2) is 4.98 Å². The number of halogens is 3. The molecule has 1 fully saturated rings. The fourth-order valence-corrected chi connectivity index (χ4v) is 3.42. The van der Waals surface area contributed by atoms with Gasteiger partial charge in [0, 0.05) is 25.2 Å². The molecular formula is C20H24F3N5S. The Hall–Kier alpha value is -2.42. The molecule has 0 aliphatic carbocycles. The van der Waals surface area contributed by atoms with Crippen LogP contribution < -0.4 is 15.5 Å². The number of rotatable bonds is 4. The first-order valence-electron chi connectivity index (χ1n) is 9.55. The van der Waals surface area contributed by atoms with E-state index in [-0.39, 0.29) is 22.9 Å². The minimum Gasteiger partial charge on any atom is -0.358 e. The van der Waals surface area contributed by atoms with Crippen LogP contribution in [0.3, 0.4) is 0 Å². The third kappa shape index (κ3) is 5.79. The third-order valence-electron chi connectivity index (χ3n) is 4.90. The molecular weight excluding hydrogens is 399 g/mol. The summed E-state index contributed by atoms with van der Waals surface area (Å²) in [7, 11) is 0. The molecule has 1 aliphatic heterocycles. The molecule has 0 radical (unpaired) electrons. The Labute approximate surface area is 173 Å². The highest BCUT2D eigenvalue weighted by Gasteiger charge is 2.35. The molecule has 9 heteroatoms. The van der Waals surface area contributed by atoms with E-state index in [9.17, 15) is 13.2 Å². The van der Waals surface area contributed by atoms with Gasteiger partial charge < -0.3 is 15.5 Å². The van der Waals surface area contributed by atoms with Gasteiger partial charge >= 0.3 is 6.18 Å². The first kappa shape index (κ1) is 21.3. The van der Waals surface area contributed by atoms with Gasteiger partial charge in [-0.3, -0.25) is 0 Å². The first-order chi connectivity index (χ1) is 13.7. The monoisotopic (exact) mass is 423 g/mol. The summed E-state index contributed by atoms with van der Waals surface area (Å²) in [5.74, 6) is 0.109. The molecule has 156 valence electrons. The van der Waals surface area contributed by atoms with Crippen molar-refractivity contribution in [3.63, 3.8) is 0 Å². The molecule has 2 heterocycles. The number of aryl methyl sites for hydroxylation is 1. The normalized spacial score (nSPS) is 17.1. The Morgan fingerprint density at radius 2 is 1.93 bits per heavy atom. The van der Waals surface area contributed by atoms with Crippen molar-refractivity contribution in [3.05, 3.63) is 47.2 Å². The summed E-state index contributed by atoms with van der Waals surface area (Å²) in [6.07, 6.45) is -1.66. The zero-order chi connectivity index (χ0) is 21.0. The molecule has 3 rings (SSSR count). The van der Waals surface area contributed by atoms with E-state index in [0.29, 0.717) is 13.1 Å². The number of aromatic nitrogens is 2. The van der Waals surface area contributed by atoms with Crippen molar-refractivity contribution < 1.29 is 13.2 Å².